The molecule has 0 saturated heterocycles. The van der Waals surface area contributed by atoms with Gasteiger partial charge in [0.25, 0.3) is 5.24 Å². The average molecular weight is 304 g/mol. The Morgan fingerprint density at radius 3 is 2.50 bits per heavy atom. The lowest BCUT2D eigenvalue weighted by Crippen LogP contribution is -1.98. The second-order valence-corrected chi connectivity index (χ2v) is 4.98. The maximum Gasteiger partial charge on any atom is 0.253 e. The monoisotopic (exact) mass is 302 g/mol. The van der Waals surface area contributed by atoms with E-state index in [1.807, 2.05) is 13.0 Å². The number of hydrogen-bond donors (Lipinski definition) is 0. The normalized spacial score (nSPS) is 10.7. The number of hydrogen-bond acceptors (Lipinski definition) is 2. The van der Waals surface area contributed by atoms with Gasteiger partial charge < -0.3 is 0 Å². The zero-order valence-electron chi connectivity index (χ0n) is 9.67. The zero-order valence-corrected chi connectivity index (χ0v) is 11.9. The fraction of sp³-hybridized carbons (Fsp3) is 0.167. The summed E-state index contributed by atoms with van der Waals surface area (Å²) in [5, 5.41) is 4.30. The topological polar surface area (TPSA) is 34.9 Å². The van der Waals surface area contributed by atoms with Crippen LogP contribution in [0, 0.1) is 6.92 Å². The standard InChI is InChI=1S/C12H9Cl3N2O/c1-6-5-9(17(2)16-6)10-8(13)4-3-7(11(10)14)12(15)18/h3-5H,1-2H3. The lowest BCUT2D eigenvalue weighted by Gasteiger charge is -2.09. The van der Waals surface area contributed by atoms with Crippen LogP contribution >= 0.6 is 34.8 Å². The molecular weight excluding hydrogens is 295 g/mol. The number of benzene rings is 1. The van der Waals surface area contributed by atoms with E-state index in [0.29, 0.717) is 10.6 Å². The predicted octanol–water partition coefficient (Wildman–Crippen LogP) is 4.08. The van der Waals surface area contributed by atoms with Crippen LogP contribution in [-0.2, 0) is 7.05 Å². The minimum Gasteiger partial charge on any atom is -0.276 e. The molecule has 0 bridgehead atoms. The highest BCUT2D eigenvalue weighted by atomic mass is 35.5. The Morgan fingerprint density at radius 1 is 1.33 bits per heavy atom. The van der Waals surface area contributed by atoms with Crippen molar-refractivity contribution in [2.75, 3.05) is 0 Å². The van der Waals surface area contributed by atoms with Gasteiger partial charge in [-0.25, -0.2) is 0 Å². The Labute approximate surface area is 119 Å². The molecule has 0 aliphatic heterocycles. The Kier molecular flexibility index (Phi) is 3.66. The summed E-state index contributed by atoms with van der Waals surface area (Å²) in [4.78, 5) is 11.3. The predicted molar refractivity (Wildman–Crippen MR) is 73.6 cm³/mol. The largest absolute Gasteiger partial charge is 0.276 e. The number of carbonyl (C=O) groups is 1. The summed E-state index contributed by atoms with van der Waals surface area (Å²) in [7, 11) is 1.78. The van der Waals surface area contributed by atoms with Crippen molar-refractivity contribution in [2.45, 2.75) is 6.92 Å². The molecular formula is C12H9Cl3N2O. The number of carbonyl (C=O) groups excluding carboxylic acids is 1. The molecule has 2 rings (SSSR count). The first-order chi connectivity index (χ1) is 8.41. The van der Waals surface area contributed by atoms with E-state index >= 15 is 0 Å². The lowest BCUT2D eigenvalue weighted by atomic mass is 10.1. The molecule has 0 saturated carbocycles. The van der Waals surface area contributed by atoms with E-state index in [-0.39, 0.29) is 10.6 Å². The van der Waals surface area contributed by atoms with Crippen LogP contribution in [0.15, 0.2) is 18.2 Å². The molecule has 0 spiro atoms. The first-order valence-corrected chi connectivity index (χ1v) is 6.24. The summed E-state index contributed by atoms with van der Waals surface area (Å²) < 4.78 is 1.66. The molecule has 0 aliphatic carbocycles. The van der Waals surface area contributed by atoms with Crippen LogP contribution in [0.3, 0.4) is 0 Å². The van der Waals surface area contributed by atoms with Crippen molar-refractivity contribution in [2.24, 2.45) is 7.05 Å². The molecule has 0 unspecified atom stereocenters. The molecule has 0 N–H and O–H groups in total. The van der Waals surface area contributed by atoms with E-state index in [0.717, 1.165) is 11.4 Å². The highest BCUT2D eigenvalue weighted by Crippen LogP contribution is 2.37. The van der Waals surface area contributed by atoms with Gasteiger partial charge in [-0.2, -0.15) is 5.10 Å². The van der Waals surface area contributed by atoms with Crippen LogP contribution in [0.5, 0.6) is 0 Å². The number of halogens is 3. The van der Waals surface area contributed by atoms with Gasteiger partial charge in [0.2, 0.25) is 0 Å². The number of nitrogens with zero attached hydrogens (tertiary/aromatic N) is 2. The van der Waals surface area contributed by atoms with Gasteiger partial charge in [-0.15, -0.1) is 0 Å². The summed E-state index contributed by atoms with van der Waals surface area (Å²) in [6, 6.07) is 4.95. The third-order valence-corrected chi connectivity index (χ3v) is 3.47. The number of aromatic nitrogens is 2. The van der Waals surface area contributed by atoms with Crippen molar-refractivity contribution in [3.8, 4) is 11.3 Å². The lowest BCUT2D eigenvalue weighted by molar-refractivity contribution is 0.108. The van der Waals surface area contributed by atoms with Gasteiger partial charge in [-0.3, -0.25) is 9.48 Å². The third kappa shape index (κ3) is 2.26. The molecule has 3 nitrogen and oxygen atoms in total. The van der Waals surface area contributed by atoms with Gasteiger partial charge in [-0.05, 0) is 36.7 Å². The van der Waals surface area contributed by atoms with Gasteiger partial charge in [-0.1, -0.05) is 23.2 Å². The van der Waals surface area contributed by atoms with Crippen LogP contribution in [-0.4, -0.2) is 15.0 Å². The van der Waals surface area contributed by atoms with Crippen molar-refractivity contribution >= 4 is 40.0 Å². The number of aryl methyl sites for hydroxylation is 2. The van der Waals surface area contributed by atoms with Crippen molar-refractivity contribution in [3.63, 3.8) is 0 Å². The van der Waals surface area contributed by atoms with Gasteiger partial charge in [0.15, 0.2) is 0 Å². The molecule has 94 valence electrons. The fourth-order valence-corrected chi connectivity index (χ4v) is 2.64. The van der Waals surface area contributed by atoms with Crippen LogP contribution < -0.4 is 0 Å². The number of rotatable bonds is 2. The van der Waals surface area contributed by atoms with Crippen molar-refractivity contribution < 1.29 is 4.79 Å². The smallest absolute Gasteiger partial charge is 0.253 e. The summed E-state index contributed by atoms with van der Waals surface area (Å²) in [6.45, 7) is 1.86. The molecule has 0 fully saturated rings. The molecule has 0 radical (unpaired) electrons. The zero-order chi connectivity index (χ0) is 13.4. The summed E-state index contributed by atoms with van der Waals surface area (Å²) in [5.74, 6) is 0. The average Bonchev–Trinajstić information content (AvgIpc) is 2.57. The van der Waals surface area contributed by atoms with Crippen molar-refractivity contribution in [1.82, 2.24) is 9.78 Å². The highest BCUT2D eigenvalue weighted by Gasteiger charge is 2.18. The van der Waals surface area contributed by atoms with Gasteiger partial charge >= 0.3 is 0 Å². The Balaban J connectivity index is 2.74. The summed E-state index contributed by atoms with van der Waals surface area (Å²) >= 11 is 17.8. The molecule has 1 aromatic heterocycles. The van der Waals surface area contributed by atoms with E-state index in [1.165, 1.54) is 6.07 Å². The van der Waals surface area contributed by atoms with Crippen molar-refractivity contribution in [3.05, 3.63) is 39.5 Å². The first kappa shape index (κ1) is 13.4. The maximum absolute atomic E-state index is 11.3. The van der Waals surface area contributed by atoms with Crippen LogP contribution in [0.2, 0.25) is 10.0 Å². The molecule has 1 aromatic carbocycles. The Bertz CT molecular complexity index is 634. The van der Waals surface area contributed by atoms with Crippen molar-refractivity contribution in [1.29, 1.82) is 0 Å². The van der Waals surface area contributed by atoms with Crippen LogP contribution in [0.4, 0.5) is 0 Å². The fourth-order valence-electron chi connectivity index (χ4n) is 1.78. The quantitative estimate of drug-likeness (QED) is 0.784. The van der Waals surface area contributed by atoms with E-state index in [9.17, 15) is 4.79 Å². The second kappa shape index (κ2) is 4.92. The van der Waals surface area contributed by atoms with E-state index < -0.39 is 5.24 Å². The van der Waals surface area contributed by atoms with E-state index in [4.69, 9.17) is 34.8 Å². The van der Waals surface area contributed by atoms with Crippen LogP contribution in [0.25, 0.3) is 11.3 Å². The molecule has 1 heterocycles. The minimum absolute atomic E-state index is 0.233. The van der Waals surface area contributed by atoms with E-state index in [2.05, 4.69) is 5.10 Å². The highest BCUT2D eigenvalue weighted by molar-refractivity contribution is 6.69. The molecule has 18 heavy (non-hydrogen) atoms. The minimum atomic E-state index is -0.614. The third-order valence-electron chi connectivity index (χ3n) is 2.56. The van der Waals surface area contributed by atoms with Gasteiger partial charge in [0, 0.05) is 12.6 Å². The molecule has 6 heteroatoms. The first-order valence-electron chi connectivity index (χ1n) is 5.10. The molecule has 0 amide bonds. The van der Waals surface area contributed by atoms with E-state index in [1.54, 1.807) is 17.8 Å². The Hall–Kier alpha value is -1.03. The van der Waals surface area contributed by atoms with Gasteiger partial charge in [0.1, 0.15) is 0 Å². The molecule has 2 aromatic rings. The Morgan fingerprint density at radius 2 is 2.00 bits per heavy atom. The summed E-state index contributed by atoms with van der Waals surface area (Å²) in [5.41, 5.74) is 2.37. The molecule has 0 aliphatic rings. The maximum atomic E-state index is 11.3. The molecule has 0 atom stereocenters. The van der Waals surface area contributed by atoms with Gasteiger partial charge in [0.05, 0.1) is 27.0 Å². The SMILES string of the molecule is Cc1cc(-c2c(Cl)ccc(C(=O)Cl)c2Cl)n(C)n1. The second-order valence-electron chi connectivity index (χ2n) is 3.85. The summed E-state index contributed by atoms with van der Waals surface area (Å²) in [6.07, 6.45) is 0. The van der Waals surface area contributed by atoms with Crippen LogP contribution in [0.1, 0.15) is 16.1 Å².